The molecule has 0 spiro atoms. The van der Waals surface area contributed by atoms with Crippen LogP contribution in [0.2, 0.25) is 0 Å². The molecule has 15 heavy (non-hydrogen) atoms. The molecule has 0 radical (unpaired) electrons. The molecular formula is C11H23NO3. The molecule has 0 saturated carbocycles. The maximum atomic E-state index is 5.69. The molecule has 1 saturated heterocycles. The molecule has 0 aromatic carbocycles. The van der Waals surface area contributed by atoms with E-state index in [1.54, 1.807) is 0 Å². The Morgan fingerprint density at radius 3 is 2.73 bits per heavy atom. The first-order valence-electron chi connectivity index (χ1n) is 5.84. The van der Waals surface area contributed by atoms with Crippen LogP contribution < -0.4 is 5.32 Å². The third-order valence-electron chi connectivity index (χ3n) is 2.25. The predicted octanol–water partition coefficient (Wildman–Crippen LogP) is 0.806. The predicted molar refractivity (Wildman–Crippen MR) is 59.1 cm³/mol. The molecule has 0 bridgehead atoms. The van der Waals surface area contributed by atoms with Gasteiger partial charge < -0.3 is 19.5 Å². The molecule has 0 aromatic heterocycles. The Kier molecular flexibility index (Phi) is 6.92. The van der Waals surface area contributed by atoms with Gasteiger partial charge >= 0.3 is 0 Å². The maximum absolute atomic E-state index is 5.69. The Bertz CT molecular complexity index is 155. The molecule has 0 aliphatic carbocycles. The average Bonchev–Trinajstić information content (AvgIpc) is 2.23. The van der Waals surface area contributed by atoms with E-state index in [-0.39, 0.29) is 6.10 Å². The number of nitrogens with one attached hydrogen (secondary N) is 1. The molecule has 1 aliphatic heterocycles. The van der Waals surface area contributed by atoms with Gasteiger partial charge in [0.05, 0.1) is 32.0 Å². The molecule has 0 amide bonds. The Labute approximate surface area is 92.3 Å². The zero-order valence-corrected chi connectivity index (χ0v) is 9.83. The number of morpholine rings is 1. The number of ether oxygens (including phenoxy) is 3. The monoisotopic (exact) mass is 217 g/mol. The van der Waals surface area contributed by atoms with Crippen LogP contribution >= 0.6 is 0 Å². The number of hydrogen-bond donors (Lipinski definition) is 1. The van der Waals surface area contributed by atoms with Crippen molar-refractivity contribution in [2.24, 2.45) is 0 Å². The summed E-state index contributed by atoms with van der Waals surface area (Å²) in [4.78, 5) is 0. The summed E-state index contributed by atoms with van der Waals surface area (Å²) in [6.07, 6.45) is 1.55. The van der Waals surface area contributed by atoms with Gasteiger partial charge in [-0.05, 0) is 13.3 Å². The first kappa shape index (κ1) is 12.9. The second-order valence-corrected chi connectivity index (χ2v) is 3.91. The van der Waals surface area contributed by atoms with Crippen LogP contribution in [0, 0.1) is 0 Å². The molecule has 1 aliphatic rings. The topological polar surface area (TPSA) is 39.7 Å². The first-order valence-corrected chi connectivity index (χ1v) is 5.84. The fourth-order valence-corrected chi connectivity index (χ4v) is 1.55. The van der Waals surface area contributed by atoms with Gasteiger partial charge in [-0.2, -0.15) is 0 Å². The summed E-state index contributed by atoms with van der Waals surface area (Å²) in [6.45, 7) is 8.83. The minimum absolute atomic E-state index is 0.194. The molecule has 4 heteroatoms. The Morgan fingerprint density at radius 2 is 2.00 bits per heavy atom. The third-order valence-corrected chi connectivity index (χ3v) is 2.25. The molecule has 1 rings (SSSR count). The van der Waals surface area contributed by atoms with E-state index in [0.717, 1.165) is 26.1 Å². The summed E-state index contributed by atoms with van der Waals surface area (Å²) in [5.74, 6) is 0. The molecule has 1 fully saturated rings. The minimum atomic E-state index is 0.194. The minimum Gasteiger partial charge on any atom is -0.379 e. The van der Waals surface area contributed by atoms with E-state index in [2.05, 4.69) is 19.2 Å². The van der Waals surface area contributed by atoms with Crippen LogP contribution in [-0.4, -0.2) is 51.7 Å². The van der Waals surface area contributed by atoms with Crippen molar-refractivity contribution < 1.29 is 14.2 Å². The van der Waals surface area contributed by atoms with Crippen molar-refractivity contribution in [3.8, 4) is 0 Å². The lowest BCUT2D eigenvalue weighted by Crippen LogP contribution is -2.45. The Balaban J connectivity index is 1.90. The Hall–Kier alpha value is -0.160. The number of rotatable bonds is 7. The molecule has 90 valence electrons. The van der Waals surface area contributed by atoms with Crippen LogP contribution in [0.3, 0.4) is 0 Å². The number of hydrogen-bond acceptors (Lipinski definition) is 4. The van der Waals surface area contributed by atoms with Crippen LogP contribution in [0.25, 0.3) is 0 Å². The highest BCUT2D eigenvalue weighted by molar-refractivity contribution is 4.71. The molecule has 2 unspecified atom stereocenters. The van der Waals surface area contributed by atoms with Crippen LogP contribution in [-0.2, 0) is 14.2 Å². The molecule has 1 heterocycles. The lowest BCUT2D eigenvalue weighted by Gasteiger charge is -2.28. The zero-order valence-electron chi connectivity index (χ0n) is 9.83. The molecule has 4 nitrogen and oxygen atoms in total. The Morgan fingerprint density at radius 1 is 1.20 bits per heavy atom. The lowest BCUT2D eigenvalue weighted by atomic mass is 10.2. The van der Waals surface area contributed by atoms with Crippen LogP contribution in [0.1, 0.15) is 20.3 Å². The van der Waals surface area contributed by atoms with E-state index in [1.165, 1.54) is 0 Å². The standard InChI is InChI=1S/C11H23NO3/c1-3-4-13-5-6-14-9-11-8-12-7-10(2)15-11/h10-12H,3-9H2,1-2H3. The average molecular weight is 217 g/mol. The van der Waals surface area contributed by atoms with E-state index in [9.17, 15) is 0 Å². The normalized spacial score (nSPS) is 26.8. The second kappa shape index (κ2) is 8.05. The SMILES string of the molecule is CCCOCCOCC1CNCC(C)O1. The van der Waals surface area contributed by atoms with Gasteiger partial charge in [0, 0.05) is 19.7 Å². The van der Waals surface area contributed by atoms with Crippen molar-refractivity contribution in [3.05, 3.63) is 0 Å². The van der Waals surface area contributed by atoms with E-state index < -0.39 is 0 Å². The summed E-state index contributed by atoms with van der Waals surface area (Å²) in [5.41, 5.74) is 0. The zero-order chi connectivity index (χ0) is 10.9. The van der Waals surface area contributed by atoms with Crippen LogP contribution in [0.4, 0.5) is 0 Å². The highest BCUT2D eigenvalue weighted by atomic mass is 16.6. The summed E-state index contributed by atoms with van der Waals surface area (Å²) in [6, 6.07) is 0. The van der Waals surface area contributed by atoms with E-state index in [0.29, 0.717) is 25.9 Å². The summed E-state index contributed by atoms with van der Waals surface area (Å²) in [7, 11) is 0. The first-order chi connectivity index (χ1) is 7.33. The highest BCUT2D eigenvalue weighted by Crippen LogP contribution is 2.03. The van der Waals surface area contributed by atoms with Crippen molar-refractivity contribution in [1.82, 2.24) is 5.32 Å². The van der Waals surface area contributed by atoms with Gasteiger partial charge in [0.2, 0.25) is 0 Å². The van der Waals surface area contributed by atoms with Gasteiger partial charge in [0.1, 0.15) is 0 Å². The smallest absolute Gasteiger partial charge is 0.0936 e. The van der Waals surface area contributed by atoms with Gasteiger partial charge in [-0.15, -0.1) is 0 Å². The summed E-state index contributed by atoms with van der Waals surface area (Å²) < 4.78 is 16.5. The van der Waals surface area contributed by atoms with E-state index >= 15 is 0 Å². The largest absolute Gasteiger partial charge is 0.379 e. The van der Waals surface area contributed by atoms with Crippen molar-refractivity contribution >= 4 is 0 Å². The fraction of sp³-hybridized carbons (Fsp3) is 1.00. The summed E-state index contributed by atoms with van der Waals surface area (Å²) in [5, 5.41) is 3.31. The van der Waals surface area contributed by atoms with Crippen LogP contribution in [0.5, 0.6) is 0 Å². The van der Waals surface area contributed by atoms with Crippen LogP contribution in [0.15, 0.2) is 0 Å². The van der Waals surface area contributed by atoms with Crippen molar-refractivity contribution in [3.63, 3.8) is 0 Å². The molecule has 1 N–H and O–H groups in total. The maximum Gasteiger partial charge on any atom is 0.0936 e. The summed E-state index contributed by atoms with van der Waals surface area (Å²) >= 11 is 0. The van der Waals surface area contributed by atoms with Gasteiger partial charge in [-0.1, -0.05) is 6.92 Å². The molecule has 2 atom stereocenters. The lowest BCUT2D eigenvalue weighted by molar-refractivity contribution is -0.0746. The van der Waals surface area contributed by atoms with Gasteiger partial charge in [-0.3, -0.25) is 0 Å². The van der Waals surface area contributed by atoms with Gasteiger partial charge in [-0.25, -0.2) is 0 Å². The van der Waals surface area contributed by atoms with Gasteiger partial charge in [0.25, 0.3) is 0 Å². The van der Waals surface area contributed by atoms with Crippen molar-refractivity contribution in [2.45, 2.75) is 32.5 Å². The van der Waals surface area contributed by atoms with Crippen molar-refractivity contribution in [1.29, 1.82) is 0 Å². The quantitative estimate of drug-likeness (QED) is 0.641. The highest BCUT2D eigenvalue weighted by Gasteiger charge is 2.18. The van der Waals surface area contributed by atoms with Crippen molar-refractivity contribution in [2.75, 3.05) is 39.5 Å². The third kappa shape index (κ3) is 6.10. The fourth-order valence-electron chi connectivity index (χ4n) is 1.55. The van der Waals surface area contributed by atoms with E-state index in [1.807, 2.05) is 0 Å². The van der Waals surface area contributed by atoms with E-state index in [4.69, 9.17) is 14.2 Å². The molecule has 0 aromatic rings. The second-order valence-electron chi connectivity index (χ2n) is 3.91. The van der Waals surface area contributed by atoms with Gasteiger partial charge in [0.15, 0.2) is 0 Å². The molecular weight excluding hydrogens is 194 g/mol.